The van der Waals surface area contributed by atoms with E-state index in [4.69, 9.17) is 4.98 Å². The lowest BCUT2D eigenvalue weighted by molar-refractivity contribution is -0.125. The molecule has 0 radical (unpaired) electrons. The summed E-state index contributed by atoms with van der Waals surface area (Å²) in [5.74, 6) is 0.838. The Morgan fingerprint density at radius 1 is 1.14 bits per heavy atom. The number of carbonyl (C=O) groups excluding carboxylic acids is 1. The van der Waals surface area contributed by atoms with Crippen LogP contribution in [0.4, 0.5) is 5.95 Å². The Bertz CT molecular complexity index is 821. The summed E-state index contributed by atoms with van der Waals surface area (Å²) in [4.78, 5) is 31.4. The van der Waals surface area contributed by atoms with Crippen LogP contribution in [-0.2, 0) is 11.3 Å². The van der Waals surface area contributed by atoms with Crippen molar-refractivity contribution < 1.29 is 4.79 Å². The van der Waals surface area contributed by atoms with Crippen LogP contribution in [0.25, 0.3) is 0 Å². The van der Waals surface area contributed by atoms with Crippen LogP contribution in [0.15, 0.2) is 36.7 Å². The van der Waals surface area contributed by atoms with E-state index in [0.717, 1.165) is 43.5 Å². The Balaban J connectivity index is 1.56. The van der Waals surface area contributed by atoms with Crippen molar-refractivity contribution in [1.82, 2.24) is 25.2 Å². The molecule has 0 bridgehead atoms. The number of hydrogen-bond acceptors (Lipinski definition) is 6. The second-order valence-corrected chi connectivity index (χ2v) is 8.37. The number of rotatable bonds is 6. The van der Waals surface area contributed by atoms with Gasteiger partial charge in [-0.05, 0) is 44.9 Å². The molecule has 2 atom stereocenters. The molecule has 2 fully saturated rings. The third-order valence-electron chi connectivity index (χ3n) is 5.71. The van der Waals surface area contributed by atoms with E-state index in [-0.39, 0.29) is 23.8 Å². The van der Waals surface area contributed by atoms with E-state index < -0.39 is 0 Å². The monoisotopic (exact) mass is 394 g/mol. The molecule has 2 aromatic heterocycles. The van der Waals surface area contributed by atoms with Gasteiger partial charge in [0.2, 0.25) is 11.9 Å². The van der Waals surface area contributed by atoms with Gasteiger partial charge in [0, 0.05) is 57.1 Å². The minimum Gasteiger partial charge on any atom is -0.354 e. The number of nitrogens with one attached hydrogen (secondary N) is 1. The predicted molar refractivity (Wildman–Crippen MR) is 113 cm³/mol. The fourth-order valence-corrected chi connectivity index (χ4v) is 4.33. The zero-order chi connectivity index (χ0) is 20.2. The van der Waals surface area contributed by atoms with Crippen molar-refractivity contribution in [1.29, 1.82) is 0 Å². The zero-order valence-corrected chi connectivity index (χ0v) is 17.3. The third-order valence-corrected chi connectivity index (χ3v) is 5.71. The van der Waals surface area contributed by atoms with Gasteiger partial charge in [0.1, 0.15) is 0 Å². The van der Waals surface area contributed by atoms with Crippen molar-refractivity contribution in [3.63, 3.8) is 0 Å². The minimum absolute atomic E-state index is 0.0572. The molecular formula is C22H30N6O. The van der Waals surface area contributed by atoms with Gasteiger partial charge < -0.3 is 10.2 Å². The molecule has 1 amide bonds. The normalized spacial score (nSPS) is 22.4. The van der Waals surface area contributed by atoms with E-state index in [9.17, 15) is 4.79 Å². The molecular weight excluding hydrogens is 364 g/mol. The van der Waals surface area contributed by atoms with Crippen LogP contribution in [0.3, 0.4) is 0 Å². The molecule has 2 aliphatic heterocycles. The fourth-order valence-electron chi connectivity index (χ4n) is 4.33. The quantitative estimate of drug-likeness (QED) is 0.810. The number of amides is 1. The van der Waals surface area contributed by atoms with Crippen LogP contribution in [0.2, 0.25) is 0 Å². The van der Waals surface area contributed by atoms with Gasteiger partial charge in [-0.2, -0.15) is 0 Å². The molecule has 7 nitrogen and oxygen atoms in total. The van der Waals surface area contributed by atoms with Crippen LogP contribution < -0.4 is 10.2 Å². The zero-order valence-electron chi connectivity index (χ0n) is 17.3. The lowest BCUT2D eigenvalue weighted by atomic mass is 9.91. The maximum Gasteiger partial charge on any atom is 0.225 e. The van der Waals surface area contributed by atoms with Gasteiger partial charge in [-0.3, -0.25) is 14.7 Å². The molecule has 154 valence electrons. The summed E-state index contributed by atoms with van der Waals surface area (Å²) >= 11 is 0. The molecule has 0 aromatic carbocycles. The fraction of sp³-hybridized carbons (Fsp3) is 0.545. The van der Waals surface area contributed by atoms with Crippen molar-refractivity contribution in [2.45, 2.75) is 45.2 Å². The SMILES string of the molecule is CC(C)NC(=O)[C@H]1CN(Cc2ccccn2)C[C@@H]1c1ccnc(N2CCCC2)n1. The van der Waals surface area contributed by atoms with Gasteiger partial charge in [0.15, 0.2) is 0 Å². The van der Waals surface area contributed by atoms with Crippen LogP contribution in [0.1, 0.15) is 44.0 Å². The molecule has 4 heterocycles. The first-order chi connectivity index (χ1) is 14.1. The lowest BCUT2D eigenvalue weighted by Crippen LogP contribution is -2.38. The molecule has 29 heavy (non-hydrogen) atoms. The van der Waals surface area contributed by atoms with Crippen molar-refractivity contribution >= 4 is 11.9 Å². The Labute approximate surface area is 172 Å². The second-order valence-electron chi connectivity index (χ2n) is 8.37. The first kappa shape index (κ1) is 19.8. The van der Waals surface area contributed by atoms with E-state index in [1.165, 1.54) is 12.8 Å². The summed E-state index contributed by atoms with van der Waals surface area (Å²) in [5, 5.41) is 3.10. The molecule has 2 aromatic rings. The molecule has 2 saturated heterocycles. The summed E-state index contributed by atoms with van der Waals surface area (Å²) < 4.78 is 0. The Kier molecular flexibility index (Phi) is 6.04. The largest absolute Gasteiger partial charge is 0.354 e. The number of carbonyl (C=O) groups is 1. The topological polar surface area (TPSA) is 74.2 Å². The first-order valence-electron chi connectivity index (χ1n) is 10.6. The summed E-state index contributed by atoms with van der Waals surface area (Å²) in [6.45, 7) is 8.28. The highest BCUT2D eigenvalue weighted by Crippen LogP contribution is 2.33. The predicted octanol–water partition coefficient (Wildman–Crippen LogP) is 2.21. The lowest BCUT2D eigenvalue weighted by Gasteiger charge is -2.21. The van der Waals surface area contributed by atoms with Gasteiger partial charge in [-0.15, -0.1) is 0 Å². The average molecular weight is 395 g/mol. The highest BCUT2D eigenvalue weighted by atomic mass is 16.2. The first-order valence-corrected chi connectivity index (χ1v) is 10.6. The molecule has 0 spiro atoms. The maximum atomic E-state index is 13.0. The Morgan fingerprint density at radius 3 is 2.69 bits per heavy atom. The van der Waals surface area contributed by atoms with Gasteiger partial charge in [-0.25, -0.2) is 9.97 Å². The maximum absolute atomic E-state index is 13.0. The minimum atomic E-state index is -0.123. The molecule has 0 unspecified atom stereocenters. The van der Waals surface area contributed by atoms with Crippen molar-refractivity contribution in [3.8, 4) is 0 Å². The van der Waals surface area contributed by atoms with Gasteiger partial charge in [0.25, 0.3) is 0 Å². The van der Waals surface area contributed by atoms with E-state index >= 15 is 0 Å². The standard InChI is InChI=1S/C22H30N6O/c1-16(2)25-21(29)19-15-27(13-17-7-3-4-9-23-17)14-18(19)20-8-10-24-22(26-20)28-11-5-6-12-28/h3-4,7-10,16,18-19H,5-6,11-15H2,1-2H3,(H,25,29)/t18-,19-/m0/s1. The number of likely N-dealkylation sites (tertiary alicyclic amines) is 1. The molecule has 0 aliphatic carbocycles. The smallest absolute Gasteiger partial charge is 0.225 e. The highest BCUT2D eigenvalue weighted by molar-refractivity contribution is 5.80. The average Bonchev–Trinajstić information content (AvgIpc) is 3.39. The van der Waals surface area contributed by atoms with Crippen LogP contribution >= 0.6 is 0 Å². The molecule has 0 saturated carbocycles. The van der Waals surface area contributed by atoms with E-state index in [2.05, 4.69) is 25.1 Å². The number of anilines is 1. The molecule has 2 aliphatic rings. The Morgan fingerprint density at radius 2 is 1.97 bits per heavy atom. The molecule has 7 heteroatoms. The van der Waals surface area contributed by atoms with Gasteiger partial charge in [-0.1, -0.05) is 6.07 Å². The van der Waals surface area contributed by atoms with Crippen molar-refractivity contribution in [2.75, 3.05) is 31.1 Å². The van der Waals surface area contributed by atoms with E-state index in [1.54, 1.807) is 0 Å². The summed E-state index contributed by atoms with van der Waals surface area (Å²) in [6, 6.07) is 8.07. The molecule has 1 N–H and O–H groups in total. The summed E-state index contributed by atoms with van der Waals surface area (Å²) in [5.41, 5.74) is 1.99. The number of hydrogen-bond donors (Lipinski definition) is 1. The van der Waals surface area contributed by atoms with Crippen LogP contribution in [0, 0.1) is 5.92 Å². The van der Waals surface area contributed by atoms with Crippen molar-refractivity contribution in [2.24, 2.45) is 5.92 Å². The van der Waals surface area contributed by atoms with Crippen molar-refractivity contribution in [3.05, 3.63) is 48.0 Å². The second kappa shape index (κ2) is 8.86. The summed E-state index contributed by atoms with van der Waals surface area (Å²) in [7, 11) is 0. The third kappa shape index (κ3) is 4.72. The summed E-state index contributed by atoms with van der Waals surface area (Å²) in [6.07, 6.45) is 6.04. The highest BCUT2D eigenvalue weighted by Gasteiger charge is 2.39. The van der Waals surface area contributed by atoms with E-state index in [0.29, 0.717) is 6.54 Å². The van der Waals surface area contributed by atoms with Gasteiger partial charge >= 0.3 is 0 Å². The van der Waals surface area contributed by atoms with E-state index in [1.807, 2.05) is 50.5 Å². The number of nitrogens with zero attached hydrogens (tertiary/aromatic N) is 5. The number of pyridine rings is 1. The van der Waals surface area contributed by atoms with Gasteiger partial charge in [0.05, 0.1) is 17.3 Å². The number of aromatic nitrogens is 3. The van der Waals surface area contributed by atoms with Crippen LogP contribution in [0.5, 0.6) is 0 Å². The Hall–Kier alpha value is -2.54. The molecule has 4 rings (SSSR count). The van der Waals surface area contributed by atoms with Crippen LogP contribution in [-0.4, -0.2) is 58.0 Å².